The van der Waals surface area contributed by atoms with Gasteiger partial charge in [0.15, 0.2) is 0 Å². The molecule has 1 aliphatic carbocycles. The van der Waals surface area contributed by atoms with Gasteiger partial charge in [-0.15, -0.1) is 0 Å². The molecule has 4 heteroatoms. The summed E-state index contributed by atoms with van der Waals surface area (Å²) in [4.78, 5) is 18.9. The Balaban J connectivity index is 1.65. The molecular weight excluding hydrogens is 214 g/mol. The first-order valence-corrected chi connectivity index (χ1v) is 6.02. The van der Waals surface area contributed by atoms with Crippen molar-refractivity contribution < 1.29 is 4.79 Å². The maximum Gasteiger partial charge on any atom is 0.223 e. The second-order valence-corrected chi connectivity index (χ2v) is 4.60. The fourth-order valence-electron chi connectivity index (χ4n) is 2.10. The number of benzene rings is 1. The van der Waals surface area contributed by atoms with E-state index in [1.165, 1.54) is 6.42 Å². The second kappa shape index (κ2) is 4.20. The third-order valence-electron chi connectivity index (χ3n) is 3.43. The third kappa shape index (κ3) is 2.02. The summed E-state index contributed by atoms with van der Waals surface area (Å²) in [5, 5.41) is 2.98. The van der Waals surface area contributed by atoms with E-state index >= 15 is 0 Å². The predicted octanol–water partition coefficient (Wildman–Crippen LogP) is 1.98. The van der Waals surface area contributed by atoms with Crippen molar-refractivity contribution in [1.29, 1.82) is 0 Å². The minimum absolute atomic E-state index is 0.195. The summed E-state index contributed by atoms with van der Waals surface area (Å²) in [6.07, 6.45) is 4.97. The van der Waals surface area contributed by atoms with Gasteiger partial charge in [-0.3, -0.25) is 4.79 Å². The van der Waals surface area contributed by atoms with Gasteiger partial charge in [0, 0.05) is 12.5 Å². The number of H-pyrrole nitrogens is 1. The van der Waals surface area contributed by atoms with Crippen molar-refractivity contribution in [3.05, 3.63) is 30.1 Å². The van der Waals surface area contributed by atoms with E-state index in [9.17, 15) is 4.79 Å². The molecule has 1 saturated carbocycles. The van der Waals surface area contributed by atoms with Gasteiger partial charge in [-0.1, -0.05) is 12.5 Å². The lowest BCUT2D eigenvalue weighted by molar-refractivity contribution is -0.127. The quantitative estimate of drug-likeness (QED) is 0.845. The second-order valence-electron chi connectivity index (χ2n) is 4.60. The van der Waals surface area contributed by atoms with Crippen molar-refractivity contribution in [2.75, 3.05) is 0 Å². The Morgan fingerprint density at radius 2 is 2.35 bits per heavy atom. The first kappa shape index (κ1) is 10.3. The fraction of sp³-hybridized carbons (Fsp3) is 0.385. The van der Waals surface area contributed by atoms with Crippen LogP contribution in [0.5, 0.6) is 0 Å². The van der Waals surface area contributed by atoms with Crippen molar-refractivity contribution in [2.24, 2.45) is 5.92 Å². The lowest BCUT2D eigenvalue weighted by Crippen LogP contribution is -2.33. The first-order chi connectivity index (χ1) is 8.33. The molecule has 0 saturated heterocycles. The molecule has 2 N–H and O–H groups in total. The number of amides is 1. The van der Waals surface area contributed by atoms with Crippen LogP contribution in [0.1, 0.15) is 24.8 Å². The van der Waals surface area contributed by atoms with Gasteiger partial charge in [-0.05, 0) is 30.5 Å². The van der Waals surface area contributed by atoms with E-state index in [0.717, 1.165) is 29.4 Å². The van der Waals surface area contributed by atoms with E-state index in [4.69, 9.17) is 0 Å². The van der Waals surface area contributed by atoms with Crippen LogP contribution in [-0.4, -0.2) is 15.9 Å². The van der Waals surface area contributed by atoms with Gasteiger partial charge in [0.05, 0.1) is 17.4 Å². The molecule has 4 nitrogen and oxygen atoms in total. The largest absolute Gasteiger partial charge is 0.352 e. The van der Waals surface area contributed by atoms with Crippen LogP contribution < -0.4 is 5.32 Å². The van der Waals surface area contributed by atoms with Crippen LogP contribution >= 0.6 is 0 Å². The van der Waals surface area contributed by atoms with Gasteiger partial charge in [-0.25, -0.2) is 4.98 Å². The maximum absolute atomic E-state index is 11.7. The lowest BCUT2D eigenvalue weighted by atomic mass is 9.85. The summed E-state index contributed by atoms with van der Waals surface area (Å²) in [6.45, 7) is 0.601. The number of imidazole rings is 1. The highest BCUT2D eigenvalue weighted by molar-refractivity contribution is 5.79. The molecule has 0 unspecified atom stereocenters. The van der Waals surface area contributed by atoms with Crippen molar-refractivity contribution in [3.8, 4) is 0 Å². The topological polar surface area (TPSA) is 57.8 Å². The van der Waals surface area contributed by atoms with Gasteiger partial charge in [0.1, 0.15) is 0 Å². The zero-order valence-electron chi connectivity index (χ0n) is 9.57. The van der Waals surface area contributed by atoms with Crippen molar-refractivity contribution in [1.82, 2.24) is 15.3 Å². The van der Waals surface area contributed by atoms with E-state index in [1.807, 2.05) is 18.2 Å². The SMILES string of the molecule is O=C(NCc1ccc2nc[nH]c2c1)C1CCC1. The van der Waals surface area contributed by atoms with Gasteiger partial charge in [0.25, 0.3) is 0 Å². The Labute approximate surface area is 99.4 Å². The van der Waals surface area contributed by atoms with Gasteiger partial charge < -0.3 is 10.3 Å². The summed E-state index contributed by atoms with van der Waals surface area (Å²) in [6, 6.07) is 6.00. The fourth-order valence-corrected chi connectivity index (χ4v) is 2.10. The molecule has 0 atom stereocenters. The molecule has 0 bridgehead atoms. The smallest absolute Gasteiger partial charge is 0.223 e. The van der Waals surface area contributed by atoms with E-state index in [1.54, 1.807) is 6.33 Å². The Kier molecular flexibility index (Phi) is 2.55. The van der Waals surface area contributed by atoms with Crippen molar-refractivity contribution in [3.63, 3.8) is 0 Å². The molecule has 0 radical (unpaired) electrons. The Bertz CT molecular complexity index is 542. The molecule has 3 rings (SSSR count). The molecule has 1 aromatic heterocycles. The third-order valence-corrected chi connectivity index (χ3v) is 3.43. The average molecular weight is 229 g/mol. The highest BCUT2D eigenvalue weighted by Crippen LogP contribution is 2.26. The van der Waals surface area contributed by atoms with Crippen LogP contribution in [0.25, 0.3) is 11.0 Å². The molecule has 1 aromatic carbocycles. The molecular formula is C13H15N3O. The van der Waals surface area contributed by atoms with Crippen LogP contribution in [0.4, 0.5) is 0 Å². The van der Waals surface area contributed by atoms with E-state index in [-0.39, 0.29) is 11.8 Å². The average Bonchev–Trinajstić information content (AvgIpc) is 2.71. The number of aromatic nitrogens is 2. The molecule has 0 aliphatic heterocycles. The summed E-state index contributed by atoms with van der Waals surface area (Å²) in [7, 11) is 0. The number of fused-ring (bicyclic) bond motifs is 1. The van der Waals surface area contributed by atoms with Gasteiger partial charge >= 0.3 is 0 Å². The highest BCUT2D eigenvalue weighted by atomic mass is 16.1. The van der Waals surface area contributed by atoms with Crippen LogP contribution in [0.2, 0.25) is 0 Å². The monoisotopic (exact) mass is 229 g/mol. The van der Waals surface area contributed by atoms with Crippen LogP contribution in [0, 0.1) is 5.92 Å². The van der Waals surface area contributed by atoms with Crippen molar-refractivity contribution >= 4 is 16.9 Å². The normalized spacial score (nSPS) is 15.8. The summed E-state index contributed by atoms with van der Waals surface area (Å²) >= 11 is 0. The minimum atomic E-state index is 0.195. The minimum Gasteiger partial charge on any atom is -0.352 e. The van der Waals surface area contributed by atoms with Gasteiger partial charge in [-0.2, -0.15) is 0 Å². The van der Waals surface area contributed by atoms with E-state index in [2.05, 4.69) is 15.3 Å². The number of carbonyl (C=O) groups is 1. The Morgan fingerprint density at radius 3 is 3.12 bits per heavy atom. The number of rotatable bonds is 3. The van der Waals surface area contributed by atoms with Crippen LogP contribution in [-0.2, 0) is 11.3 Å². The number of carbonyl (C=O) groups excluding carboxylic acids is 1. The number of hydrogen-bond acceptors (Lipinski definition) is 2. The van der Waals surface area contributed by atoms with E-state index in [0.29, 0.717) is 6.54 Å². The summed E-state index contributed by atoms with van der Waals surface area (Å²) in [5.74, 6) is 0.451. The number of aromatic amines is 1. The Hall–Kier alpha value is -1.84. The number of nitrogens with one attached hydrogen (secondary N) is 2. The van der Waals surface area contributed by atoms with Crippen LogP contribution in [0.15, 0.2) is 24.5 Å². The predicted molar refractivity (Wildman–Crippen MR) is 65.3 cm³/mol. The standard InChI is InChI=1S/C13H15N3O/c17-13(10-2-1-3-10)14-7-9-4-5-11-12(6-9)16-8-15-11/h4-6,8,10H,1-3,7H2,(H,14,17)(H,15,16). The maximum atomic E-state index is 11.7. The van der Waals surface area contributed by atoms with Gasteiger partial charge in [0.2, 0.25) is 5.91 Å². The molecule has 0 spiro atoms. The zero-order valence-corrected chi connectivity index (χ0v) is 9.57. The zero-order chi connectivity index (χ0) is 11.7. The molecule has 1 fully saturated rings. The summed E-state index contributed by atoms with van der Waals surface area (Å²) in [5.41, 5.74) is 3.08. The molecule has 1 aliphatic rings. The molecule has 88 valence electrons. The number of hydrogen-bond donors (Lipinski definition) is 2. The molecule has 1 heterocycles. The van der Waals surface area contributed by atoms with E-state index < -0.39 is 0 Å². The van der Waals surface area contributed by atoms with Crippen LogP contribution in [0.3, 0.4) is 0 Å². The van der Waals surface area contributed by atoms with Crippen molar-refractivity contribution in [2.45, 2.75) is 25.8 Å². The number of nitrogens with zero attached hydrogens (tertiary/aromatic N) is 1. The molecule has 2 aromatic rings. The molecule has 17 heavy (non-hydrogen) atoms. The first-order valence-electron chi connectivity index (χ1n) is 6.02. The highest BCUT2D eigenvalue weighted by Gasteiger charge is 2.24. The molecule has 1 amide bonds. The Morgan fingerprint density at radius 1 is 1.47 bits per heavy atom. The lowest BCUT2D eigenvalue weighted by Gasteiger charge is -2.24. The summed E-state index contributed by atoms with van der Waals surface area (Å²) < 4.78 is 0.